The summed E-state index contributed by atoms with van der Waals surface area (Å²) in [6.07, 6.45) is 0.430. The number of carbonyl (C=O) groups excluding carboxylic acids is 1. The van der Waals surface area contributed by atoms with E-state index in [0.717, 1.165) is 0 Å². The zero-order valence-corrected chi connectivity index (χ0v) is 5.09. The summed E-state index contributed by atoms with van der Waals surface area (Å²) in [5, 5.41) is 10.4. The lowest BCUT2D eigenvalue weighted by atomic mass is 10.2. The maximum atomic E-state index is 10.3. The Labute approximate surface area is 52.7 Å². The van der Waals surface area contributed by atoms with Gasteiger partial charge in [0.2, 0.25) is 0 Å². The second-order valence-corrected chi connectivity index (χ2v) is 1.41. The summed E-state index contributed by atoms with van der Waals surface area (Å²) in [5.74, 6) is 1.45. The third kappa shape index (κ3) is 2.51. The van der Waals surface area contributed by atoms with Crippen molar-refractivity contribution in [3.8, 4) is 0 Å². The second-order valence-electron chi connectivity index (χ2n) is 1.41. The number of hydrogen-bond acceptors (Lipinski definition) is 3. The summed E-state index contributed by atoms with van der Waals surface area (Å²) in [4.78, 5) is 10.3. The van der Waals surface area contributed by atoms with Gasteiger partial charge in [0.25, 0.3) is 5.91 Å². The Morgan fingerprint density at radius 3 is 2.56 bits per heavy atom. The number of amides is 1. The van der Waals surface area contributed by atoms with Crippen molar-refractivity contribution in [2.45, 2.75) is 13.3 Å². The van der Waals surface area contributed by atoms with Crippen LogP contribution in [0.4, 0.5) is 0 Å². The molecule has 0 aliphatic carbocycles. The van der Waals surface area contributed by atoms with Crippen LogP contribution in [0.3, 0.4) is 0 Å². The molecule has 0 aromatic carbocycles. The van der Waals surface area contributed by atoms with E-state index in [4.69, 9.17) is 10.9 Å². The maximum absolute atomic E-state index is 10.3. The number of primary amides is 1. The van der Waals surface area contributed by atoms with E-state index in [-0.39, 0.29) is 5.57 Å². The number of carbonyl (C=O) groups is 1. The van der Waals surface area contributed by atoms with E-state index in [2.05, 4.69) is 11.0 Å². The van der Waals surface area contributed by atoms with E-state index in [1.807, 2.05) is 0 Å². The molecule has 0 unspecified atom stereocenters. The largest absolute Gasteiger partial charge is 0.404 e. The van der Waals surface area contributed by atoms with Gasteiger partial charge in [-0.2, -0.15) is 0 Å². The smallest absolute Gasteiger partial charge is 0.254 e. The predicted molar refractivity (Wildman–Crippen MR) is 32.2 cm³/mol. The van der Waals surface area contributed by atoms with E-state index < -0.39 is 5.91 Å². The monoisotopic (exact) mass is 128 g/mol. The third-order valence-electron chi connectivity index (χ3n) is 0.836. The molecule has 0 aromatic rings. The van der Waals surface area contributed by atoms with Gasteiger partial charge >= 0.3 is 0 Å². The van der Waals surface area contributed by atoms with Crippen LogP contribution in [0.25, 0.3) is 0 Å². The van der Waals surface area contributed by atoms with Crippen LogP contribution < -0.4 is 5.73 Å². The van der Waals surface area contributed by atoms with Gasteiger partial charge in [-0.3, -0.25) is 4.79 Å². The highest BCUT2D eigenvalue weighted by Gasteiger charge is 1.98. The molecule has 4 heteroatoms. The number of nitrogens with zero attached hydrogens (tertiary/aromatic N) is 1. The van der Waals surface area contributed by atoms with E-state index in [9.17, 15) is 4.79 Å². The fourth-order valence-electron chi connectivity index (χ4n) is 0.369. The average molecular weight is 128 g/mol. The molecule has 0 fully saturated rings. The molecule has 0 rings (SSSR count). The molecule has 0 aliphatic rings. The van der Waals surface area contributed by atoms with E-state index in [1.165, 1.54) is 0 Å². The molecule has 0 radical (unpaired) electrons. The topological polar surface area (TPSA) is 75.7 Å². The minimum Gasteiger partial charge on any atom is -0.404 e. The first-order valence-corrected chi connectivity index (χ1v) is 2.48. The molecule has 3 N–H and O–H groups in total. The number of rotatable bonds is 2. The first kappa shape index (κ1) is 7.72. The Bertz CT molecular complexity index is 168. The van der Waals surface area contributed by atoms with Gasteiger partial charge < -0.3 is 10.9 Å². The Hall–Kier alpha value is -1.28. The molecule has 0 heterocycles. The van der Waals surface area contributed by atoms with Crippen LogP contribution in [0.1, 0.15) is 13.3 Å². The van der Waals surface area contributed by atoms with Crippen LogP contribution in [0, 0.1) is 0 Å². The van der Waals surface area contributed by atoms with E-state index in [1.54, 1.807) is 6.92 Å². The van der Waals surface area contributed by atoms with Gasteiger partial charge in [0.1, 0.15) is 0 Å². The van der Waals surface area contributed by atoms with Gasteiger partial charge in [0, 0.05) is 5.87 Å². The Morgan fingerprint density at radius 1 is 1.89 bits per heavy atom. The lowest BCUT2D eigenvalue weighted by molar-refractivity contribution is -0.114. The Morgan fingerprint density at radius 2 is 2.44 bits per heavy atom. The first-order chi connectivity index (χ1) is 4.22. The molecule has 9 heavy (non-hydrogen) atoms. The quantitative estimate of drug-likeness (QED) is 0.235. The highest BCUT2D eigenvalue weighted by molar-refractivity contribution is 6.00. The van der Waals surface area contributed by atoms with Crippen LogP contribution in [0.2, 0.25) is 0 Å². The SMILES string of the molecule is CCC(=C=NO)C(N)=O. The third-order valence-corrected chi connectivity index (χ3v) is 0.836. The highest BCUT2D eigenvalue weighted by Crippen LogP contribution is 1.91. The van der Waals surface area contributed by atoms with Crippen molar-refractivity contribution < 1.29 is 10.0 Å². The highest BCUT2D eigenvalue weighted by atomic mass is 16.4. The van der Waals surface area contributed by atoms with Gasteiger partial charge in [0.15, 0.2) is 0 Å². The predicted octanol–water partition coefficient (Wildman–Crippen LogP) is -0.133. The fraction of sp³-hybridized carbons (Fsp3) is 0.400. The van der Waals surface area contributed by atoms with Crippen LogP contribution in [0.15, 0.2) is 10.7 Å². The summed E-state index contributed by atoms with van der Waals surface area (Å²) in [6.45, 7) is 1.72. The molecular formula is C5H8N2O2. The Balaban J connectivity index is 4.35. The molecule has 1 amide bonds. The molecule has 0 bridgehead atoms. The maximum Gasteiger partial charge on any atom is 0.254 e. The normalized spacial score (nSPS) is 7.67. The number of nitrogens with two attached hydrogens (primary N) is 1. The van der Waals surface area contributed by atoms with E-state index in [0.29, 0.717) is 6.42 Å². The fourth-order valence-corrected chi connectivity index (χ4v) is 0.369. The zero-order valence-electron chi connectivity index (χ0n) is 5.09. The van der Waals surface area contributed by atoms with Crippen molar-refractivity contribution in [2.24, 2.45) is 10.9 Å². The standard InChI is InChI=1S/C5H8N2O2/c1-2-4(3-7-9)5(6)8/h9H,2H2,1H3,(H2,6,8). The van der Waals surface area contributed by atoms with Crippen molar-refractivity contribution in [1.29, 1.82) is 0 Å². The zero-order chi connectivity index (χ0) is 7.28. The molecule has 0 saturated heterocycles. The molecule has 0 saturated carbocycles. The lowest BCUT2D eigenvalue weighted by Gasteiger charge is -1.88. The number of hydrogen-bond donors (Lipinski definition) is 2. The summed E-state index contributed by atoms with van der Waals surface area (Å²) in [5.41, 5.74) is 5.02. The minimum atomic E-state index is -0.602. The van der Waals surface area contributed by atoms with Crippen LogP contribution in [-0.4, -0.2) is 17.0 Å². The van der Waals surface area contributed by atoms with Gasteiger partial charge in [-0.15, -0.1) is 0 Å². The molecule has 50 valence electrons. The minimum absolute atomic E-state index is 0.192. The summed E-state index contributed by atoms with van der Waals surface area (Å²) in [7, 11) is 0. The Kier molecular flexibility index (Phi) is 3.16. The van der Waals surface area contributed by atoms with Crippen molar-refractivity contribution in [1.82, 2.24) is 0 Å². The van der Waals surface area contributed by atoms with Crippen molar-refractivity contribution in [3.05, 3.63) is 5.57 Å². The molecule has 0 aromatic heterocycles. The van der Waals surface area contributed by atoms with Gasteiger partial charge in [0.05, 0.1) is 5.57 Å². The molecule has 0 aliphatic heterocycles. The first-order valence-electron chi connectivity index (χ1n) is 2.48. The van der Waals surface area contributed by atoms with Crippen molar-refractivity contribution in [2.75, 3.05) is 0 Å². The van der Waals surface area contributed by atoms with Gasteiger partial charge in [-0.05, 0) is 11.6 Å². The summed E-state index contributed by atoms with van der Waals surface area (Å²) < 4.78 is 0. The summed E-state index contributed by atoms with van der Waals surface area (Å²) >= 11 is 0. The van der Waals surface area contributed by atoms with Crippen LogP contribution in [0.5, 0.6) is 0 Å². The summed E-state index contributed by atoms with van der Waals surface area (Å²) in [6, 6.07) is 0. The molecule has 4 nitrogen and oxygen atoms in total. The molecular weight excluding hydrogens is 120 g/mol. The van der Waals surface area contributed by atoms with Crippen LogP contribution in [-0.2, 0) is 4.79 Å². The molecule has 0 atom stereocenters. The second kappa shape index (κ2) is 3.69. The van der Waals surface area contributed by atoms with Crippen molar-refractivity contribution >= 4 is 11.8 Å². The molecule has 0 spiro atoms. The van der Waals surface area contributed by atoms with Crippen LogP contribution >= 0.6 is 0 Å². The van der Waals surface area contributed by atoms with Crippen molar-refractivity contribution in [3.63, 3.8) is 0 Å². The average Bonchev–Trinajstić information content (AvgIpc) is 1.82. The van der Waals surface area contributed by atoms with Gasteiger partial charge in [-0.1, -0.05) is 6.92 Å². The van der Waals surface area contributed by atoms with E-state index >= 15 is 0 Å². The van der Waals surface area contributed by atoms with Gasteiger partial charge in [-0.25, -0.2) is 0 Å². The lowest BCUT2D eigenvalue weighted by Crippen LogP contribution is -2.13.